The maximum atomic E-state index is 9.51. The largest absolute Gasteiger partial charge is 0.389 e. The third kappa shape index (κ3) is 12.2. The Labute approximate surface area is 110 Å². The van der Waals surface area contributed by atoms with Crippen LogP contribution in [0.25, 0.3) is 0 Å². The average molecular weight is 264 g/mol. The predicted molar refractivity (Wildman–Crippen MR) is 70.8 cm³/mol. The first-order valence-electron chi connectivity index (χ1n) is 6.23. The molecule has 0 aliphatic carbocycles. The smallest absolute Gasteiger partial charge is 0.0899 e. The highest BCUT2D eigenvalue weighted by Crippen LogP contribution is 1.91. The highest BCUT2D eigenvalue weighted by molar-refractivity contribution is 4.58. The first-order valence-corrected chi connectivity index (χ1v) is 6.23. The van der Waals surface area contributed by atoms with Gasteiger partial charge in [-0.15, -0.1) is 0 Å². The van der Waals surface area contributed by atoms with E-state index in [1.165, 1.54) is 0 Å². The molecule has 0 heterocycles. The summed E-state index contributed by atoms with van der Waals surface area (Å²) in [5.74, 6) is 0. The number of likely N-dealkylation sites (N-methyl/N-ethyl adjacent to an activating group) is 2. The fraction of sp³-hybridized carbons (Fsp3) is 1.00. The van der Waals surface area contributed by atoms with Gasteiger partial charge in [0.2, 0.25) is 0 Å². The minimum absolute atomic E-state index is 0.307. The minimum atomic E-state index is -0.473. The van der Waals surface area contributed by atoms with Crippen molar-refractivity contribution in [2.45, 2.75) is 12.2 Å². The maximum absolute atomic E-state index is 9.51. The molecule has 18 heavy (non-hydrogen) atoms. The molecule has 2 unspecified atom stereocenters. The van der Waals surface area contributed by atoms with Gasteiger partial charge in [0.15, 0.2) is 0 Å². The molecular formula is C12H28N2O4. The lowest BCUT2D eigenvalue weighted by Gasteiger charge is -2.17. The number of rotatable bonds is 11. The number of hydrogen-bond donors (Lipinski definition) is 2. The number of nitrogens with zero attached hydrogens (tertiary/aromatic N) is 2. The molecule has 0 aromatic heterocycles. The molecule has 2 N–H and O–H groups in total. The number of aliphatic hydroxyl groups excluding tert-OH is 2. The van der Waals surface area contributed by atoms with Gasteiger partial charge in [-0.05, 0) is 28.2 Å². The zero-order valence-corrected chi connectivity index (χ0v) is 12.0. The normalized spacial score (nSPS) is 15.3. The second-order valence-corrected chi connectivity index (χ2v) is 4.98. The van der Waals surface area contributed by atoms with E-state index in [1.807, 2.05) is 38.0 Å². The van der Waals surface area contributed by atoms with Gasteiger partial charge in [-0.2, -0.15) is 0 Å². The zero-order chi connectivity index (χ0) is 14.0. The monoisotopic (exact) mass is 264 g/mol. The van der Waals surface area contributed by atoms with Crippen molar-refractivity contribution in [3.05, 3.63) is 0 Å². The summed E-state index contributed by atoms with van der Waals surface area (Å²) in [6.07, 6.45) is -0.946. The van der Waals surface area contributed by atoms with Gasteiger partial charge in [0.1, 0.15) is 0 Å². The SMILES string of the molecule is CN(C)CC(O)COCCOCC(O)CN(C)C. The average Bonchev–Trinajstić information content (AvgIpc) is 2.20. The van der Waals surface area contributed by atoms with Crippen molar-refractivity contribution in [1.82, 2.24) is 9.80 Å². The van der Waals surface area contributed by atoms with Crippen molar-refractivity contribution in [1.29, 1.82) is 0 Å². The van der Waals surface area contributed by atoms with Crippen molar-refractivity contribution in [2.75, 3.05) is 67.7 Å². The standard InChI is InChI=1S/C12H28N2O4/c1-13(2)7-11(15)9-17-5-6-18-10-12(16)8-14(3)4/h11-12,15-16H,5-10H2,1-4H3. The van der Waals surface area contributed by atoms with Gasteiger partial charge < -0.3 is 29.5 Å². The lowest BCUT2D eigenvalue weighted by atomic mass is 10.3. The molecule has 0 aromatic carbocycles. The Morgan fingerprint density at radius 3 is 1.39 bits per heavy atom. The van der Waals surface area contributed by atoms with Crippen LogP contribution in [0.15, 0.2) is 0 Å². The van der Waals surface area contributed by atoms with Crippen LogP contribution >= 0.6 is 0 Å². The van der Waals surface area contributed by atoms with Gasteiger partial charge >= 0.3 is 0 Å². The molecule has 0 saturated carbocycles. The minimum Gasteiger partial charge on any atom is -0.389 e. The first kappa shape index (κ1) is 17.8. The highest BCUT2D eigenvalue weighted by Gasteiger charge is 2.06. The molecule has 0 radical (unpaired) electrons. The topological polar surface area (TPSA) is 65.4 Å². The Morgan fingerprint density at radius 1 is 0.778 bits per heavy atom. The van der Waals surface area contributed by atoms with Crippen LogP contribution in [-0.2, 0) is 9.47 Å². The summed E-state index contributed by atoms with van der Waals surface area (Å²) in [6, 6.07) is 0. The molecule has 2 atom stereocenters. The Bertz CT molecular complexity index is 171. The molecule has 0 amide bonds. The molecule has 0 saturated heterocycles. The van der Waals surface area contributed by atoms with Gasteiger partial charge in [-0.25, -0.2) is 0 Å². The second kappa shape index (κ2) is 10.7. The number of aliphatic hydroxyl groups is 2. The van der Waals surface area contributed by atoms with Crippen LogP contribution in [0.5, 0.6) is 0 Å². The summed E-state index contributed by atoms with van der Waals surface area (Å²) in [4.78, 5) is 3.81. The number of hydrogen-bond acceptors (Lipinski definition) is 6. The van der Waals surface area contributed by atoms with Crippen LogP contribution in [0.2, 0.25) is 0 Å². The van der Waals surface area contributed by atoms with E-state index in [1.54, 1.807) is 0 Å². The van der Waals surface area contributed by atoms with E-state index < -0.39 is 12.2 Å². The van der Waals surface area contributed by atoms with Crippen molar-refractivity contribution >= 4 is 0 Å². The fourth-order valence-corrected chi connectivity index (χ4v) is 1.50. The summed E-state index contributed by atoms with van der Waals surface area (Å²) in [5, 5.41) is 19.0. The van der Waals surface area contributed by atoms with E-state index in [4.69, 9.17) is 9.47 Å². The van der Waals surface area contributed by atoms with Gasteiger partial charge in [0, 0.05) is 13.1 Å². The fourth-order valence-electron chi connectivity index (χ4n) is 1.50. The van der Waals surface area contributed by atoms with Crippen molar-refractivity contribution < 1.29 is 19.7 Å². The maximum Gasteiger partial charge on any atom is 0.0899 e. The van der Waals surface area contributed by atoms with E-state index in [9.17, 15) is 10.2 Å². The van der Waals surface area contributed by atoms with Crippen molar-refractivity contribution in [2.24, 2.45) is 0 Å². The van der Waals surface area contributed by atoms with Crippen LogP contribution in [0.4, 0.5) is 0 Å². The van der Waals surface area contributed by atoms with Crippen molar-refractivity contribution in [3.8, 4) is 0 Å². The molecule has 0 fully saturated rings. The van der Waals surface area contributed by atoms with Gasteiger partial charge in [-0.1, -0.05) is 0 Å². The Kier molecular flexibility index (Phi) is 10.5. The first-order chi connectivity index (χ1) is 8.41. The van der Waals surface area contributed by atoms with Gasteiger partial charge in [0.05, 0.1) is 38.6 Å². The molecule has 0 aliphatic rings. The highest BCUT2D eigenvalue weighted by atomic mass is 16.5. The van der Waals surface area contributed by atoms with E-state index in [2.05, 4.69) is 0 Å². The van der Waals surface area contributed by atoms with Crippen LogP contribution in [0.1, 0.15) is 0 Å². The van der Waals surface area contributed by atoms with E-state index in [-0.39, 0.29) is 0 Å². The predicted octanol–water partition coefficient (Wildman–Crippen LogP) is -1.14. The second-order valence-electron chi connectivity index (χ2n) is 4.98. The van der Waals surface area contributed by atoms with E-state index >= 15 is 0 Å². The summed E-state index contributed by atoms with van der Waals surface area (Å²) < 4.78 is 10.5. The molecular weight excluding hydrogens is 236 g/mol. The summed E-state index contributed by atoms with van der Waals surface area (Å²) in [6.45, 7) is 2.65. The van der Waals surface area contributed by atoms with Crippen LogP contribution in [0, 0.1) is 0 Å². The van der Waals surface area contributed by atoms with Crippen LogP contribution < -0.4 is 0 Å². The van der Waals surface area contributed by atoms with Crippen LogP contribution in [-0.4, -0.2) is 99.9 Å². The van der Waals surface area contributed by atoms with E-state index in [0.29, 0.717) is 39.5 Å². The number of ether oxygens (including phenoxy) is 2. The summed E-state index contributed by atoms with van der Waals surface area (Å²) in [7, 11) is 7.61. The zero-order valence-electron chi connectivity index (χ0n) is 12.0. The van der Waals surface area contributed by atoms with Gasteiger partial charge in [0.25, 0.3) is 0 Å². The lowest BCUT2D eigenvalue weighted by Crippen LogP contribution is -2.31. The molecule has 0 aliphatic heterocycles. The third-order valence-corrected chi connectivity index (χ3v) is 2.14. The molecule has 0 spiro atoms. The lowest BCUT2D eigenvalue weighted by molar-refractivity contribution is -0.0240. The molecule has 0 rings (SSSR count). The Morgan fingerprint density at radius 2 is 1.11 bits per heavy atom. The summed E-state index contributed by atoms with van der Waals surface area (Å²) in [5.41, 5.74) is 0. The van der Waals surface area contributed by atoms with Crippen molar-refractivity contribution in [3.63, 3.8) is 0 Å². The van der Waals surface area contributed by atoms with E-state index in [0.717, 1.165) is 0 Å². The Balaban J connectivity index is 3.30. The summed E-state index contributed by atoms with van der Waals surface area (Å²) >= 11 is 0. The third-order valence-electron chi connectivity index (χ3n) is 2.14. The molecule has 6 heteroatoms. The molecule has 0 bridgehead atoms. The quantitative estimate of drug-likeness (QED) is 0.460. The molecule has 6 nitrogen and oxygen atoms in total. The molecule has 110 valence electrons. The Hall–Kier alpha value is -0.240. The molecule has 0 aromatic rings. The van der Waals surface area contributed by atoms with Crippen LogP contribution in [0.3, 0.4) is 0 Å². The van der Waals surface area contributed by atoms with Gasteiger partial charge in [-0.3, -0.25) is 0 Å².